The normalized spacial score (nSPS) is 14.1. The van der Waals surface area contributed by atoms with Crippen LogP contribution in [-0.4, -0.2) is 96.7 Å². The Morgan fingerprint density at radius 1 is 0.280 bits per heavy atom. The zero-order valence-corrected chi connectivity index (χ0v) is 67.1. The molecule has 0 rings (SSSR count). The van der Waals surface area contributed by atoms with Gasteiger partial charge in [0.25, 0.3) is 0 Å². The molecule has 0 aromatic heterocycles. The number of ether oxygens (including phenoxy) is 4. The van der Waals surface area contributed by atoms with Gasteiger partial charge >= 0.3 is 39.5 Å². The summed E-state index contributed by atoms with van der Waals surface area (Å²) in [5.74, 6) is -1.31. The van der Waals surface area contributed by atoms with Gasteiger partial charge in [-0.3, -0.25) is 37.3 Å². The Morgan fingerprint density at radius 3 is 0.710 bits per heavy atom. The largest absolute Gasteiger partial charge is 0.472 e. The summed E-state index contributed by atoms with van der Waals surface area (Å²) in [4.78, 5) is 72.9. The summed E-state index contributed by atoms with van der Waals surface area (Å²) < 4.78 is 68.6. The zero-order chi connectivity index (χ0) is 73.4. The lowest BCUT2D eigenvalue weighted by Gasteiger charge is -2.21. The van der Waals surface area contributed by atoms with Crippen LogP contribution >= 0.6 is 15.6 Å². The third-order valence-electron chi connectivity index (χ3n) is 19.4. The van der Waals surface area contributed by atoms with Crippen LogP contribution in [0, 0.1) is 5.92 Å². The van der Waals surface area contributed by atoms with Gasteiger partial charge in [-0.15, -0.1) is 0 Å². The third-order valence-corrected chi connectivity index (χ3v) is 21.3. The van der Waals surface area contributed by atoms with Crippen LogP contribution < -0.4 is 0 Å². The summed E-state index contributed by atoms with van der Waals surface area (Å²) in [5.41, 5.74) is 0. The molecular formula is C81H158O17P2. The van der Waals surface area contributed by atoms with Gasteiger partial charge in [0.2, 0.25) is 0 Å². The highest BCUT2D eigenvalue weighted by atomic mass is 31.2. The van der Waals surface area contributed by atoms with Crippen LogP contribution in [-0.2, 0) is 65.4 Å². The Kier molecular flexibility index (Phi) is 72.5. The number of hydrogen-bond donors (Lipinski definition) is 3. The van der Waals surface area contributed by atoms with Crippen LogP contribution in [0.5, 0.6) is 0 Å². The van der Waals surface area contributed by atoms with Crippen LogP contribution in [0.3, 0.4) is 0 Å². The van der Waals surface area contributed by atoms with Crippen molar-refractivity contribution in [3.63, 3.8) is 0 Å². The number of rotatable bonds is 81. The van der Waals surface area contributed by atoms with E-state index in [4.69, 9.17) is 37.0 Å². The van der Waals surface area contributed by atoms with Crippen LogP contribution in [0.4, 0.5) is 0 Å². The first-order chi connectivity index (χ1) is 48.6. The molecule has 0 aliphatic rings. The molecule has 0 saturated heterocycles. The topological polar surface area (TPSA) is 237 Å². The van der Waals surface area contributed by atoms with E-state index in [1.54, 1.807) is 0 Å². The van der Waals surface area contributed by atoms with Crippen molar-refractivity contribution in [2.75, 3.05) is 39.6 Å². The van der Waals surface area contributed by atoms with E-state index in [1.165, 1.54) is 244 Å². The number of phosphoric ester groups is 2. The van der Waals surface area contributed by atoms with Crippen LogP contribution in [0.2, 0.25) is 0 Å². The Hall–Kier alpha value is -1.94. The quantitative estimate of drug-likeness (QED) is 0.0222. The molecular weight excluding hydrogens is 1310 g/mol. The lowest BCUT2D eigenvalue weighted by atomic mass is 9.99. The zero-order valence-electron chi connectivity index (χ0n) is 65.3. The Morgan fingerprint density at radius 2 is 0.480 bits per heavy atom. The molecule has 0 aromatic rings. The summed E-state index contributed by atoms with van der Waals surface area (Å²) in [5, 5.41) is 10.6. The number of hydrogen-bond acceptors (Lipinski definition) is 15. The van der Waals surface area contributed by atoms with E-state index in [-0.39, 0.29) is 25.7 Å². The van der Waals surface area contributed by atoms with Crippen molar-refractivity contribution in [3.8, 4) is 0 Å². The molecule has 6 atom stereocenters. The van der Waals surface area contributed by atoms with E-state index >= 15 is 0 Å². The Balaban J connectivity index is 5.17. The maximum Gasteiger partial charge on any atom is 0.472 e. The summed E-state index contributed by atoms with van der Waals surface area (Å²) in [6, 6.07) is 0. The molecule has 100 heavy (non-hydrogen) atoms. The number of unbranched alkanes of at least 4 members (excludes halogenated alkanes) is 52. The van der Waals surface area contributed by atoms with Gasteiger partial charge in [0, 0.05) is 25.7 Å². The van der Waals surface area contributed by atoms with Crippen LogP contribution in [0.15, 0.2) is 0 Å². The van der Waals surface area contributed by atoms with Gasteiger partial charge in [0.15, 0.2) is 12.2 Å². The minimum Gasteiger partial charge on any atom is -0.462 e. The molecule has 0 heterocycles. The highest BCUT2D eigenvalue weighted by molar-refractivity contribution is 7.47. The number of carbonyl (C=O) groups excluding carboxylic acids is 4. The molecule has 0 aliphatic carbocycles. The molecule has 3 N–H and O–H groups in total. The first-order valence-electron chi connectivity index (χ1n) is 42.2. The SMILES string of the molecule is CCCCCCCCCCCCCCCCCCCCCCCC(=O)O[C@H](COC(=O)CCCCCCCCCCCCCCCCCCCC)COP(=O)(O)OC[C@@H](O)COP(=O)(O)OC[C@@H](COC(=O)CCCCCCCCC)OC(=O)CCCCCCCCCCCCC(C)CC. The lowest BCUT2D eigenvalue weighted by Crippen LogP contribution is -2.30. The maximum atomic E-state index is 13.1. The van der Waals surface area contributed by atoms with E-state index in [9.17, 15) is 43.2 Å². The van der Waals surface area contributed by atoms with E-state index in [1.807, 2.05) is 0 Å². The molecule has 17 nitrogen and oxygen atoms in total. The first-order valence-corrected chi connectivity index (χ1v) is 45.2. The predicted molar refractivity (Wildman–Crippen MR) is 409 cm³/mol. The first kappa shape index (κ1) is 98.1. The predicted octanol–water partition coefficient (Wildman–Crippen LogP) is 24.4. The summed E-state index contributed by atoms with van der Waals surface area (Å²) in [7, 11) is -9.91. The molecule has 0 amide bonds. The minimum absolute atomic E-state index is 0.106. The molecule has 0 spiro atoms. The van der Waals surface area contributed by atoms with Gasteiger partial charge in [-0.25, -0.2) is 9.13 Å². The van der Waals surface area contributed by atoms with Crippen molar-refractivity contribution in [3.05, 3.63) is 0 Å². The fraction of sp³-hybridized carbons (Fsp3) is 0.951. The molecule has 0 bridgehead atoms. The van der Waals surface area contributed by atoms with E-state index in [0.717, 1.165) is 109 Å². The molecule has 594 valence electrons. The molecule has 0 fully saturated rings. The standard InChI is InChI=1S/C81H158O17P2/c1-6-10-13-16-19-21-23-25-27-29-31-32-33-35-37-39-41-46-51-56-61-66-80(85)98-77(71-92-79(84)65-60-55-50-45-40-38-36-34-30-28-26-24-22-20-17-14-11-7-2)73-96-100(89,90)94-69-75(82)68-93-99(87,88)95-72-76(70-91-78(83)64-59-54-48-18-15-12-8-3)97-81(86)67-62-57-52-47-43-42-44-49-53-58-63-74(5)9-4/h74-77,82H,6-73H2,1-5H3,(H,87,88)(H,89,90)/t74?,75-,76+,77+/m0/s1. The molecule has 0 saturated carbocycles. The van der Waals surface area contributed by atoms with Gasteiger partial charge in [0.05, 0.1) is 26.4 Å². The van der Waals surface area contributed by atoms with Gasteiger partial charge in [-0.05, 0) is 31.6 Å². The van der Waals surface area contributed by atoms with Gasteiger partial charge < -0.3 is 33.8 Å². The van der Waals surface area contributed by atoms with Crippen molar-refractivity contribution in [1.82, 2.24) is 0 Å². The van der Waals surface area contributed by atoms with Gasteiger partial charge in [0.1, 0.15) is 19.3 Å². The van der Waals surface area contributed by atoms with Crippen molar-refractivity contribution < 1.29 is 80.2 Å². The monoisotopic (exact) mass is 1470 g/mol. The van der Waals surface area contributed by atoms with Crippen molar-refractivity contribution >= 4 is 39.5 Å². The van der Waals surface area contributed by atoms with E-state index in [0.29, 0.717) is 25.7 Å². The highest BCUT2D eigenvalue weighted by Crippen LogP contribution is 2.45. The summed E-state index contributed by atoms with van der Waals surface area (Å²) in [6.07, 6.45) is 65.4. The Labute approximate surface area is 613 Å². The van der Waals surface area contributed by atoms with Crippen LogP contribution in [0.1, 0.15) is 433 Å². The minimum atomic E-state index is -4.96. The second kappa shape index (κ2) is 73.9. The third kappa shape index (κ3) is 73.0. The molecule has 0 aliphatic heterocycles. The summed E-state index contributed by atoms with van der Waals surface area (Å²) >= 11 is 0. The average molecular weight is 1470 g/mol. The number of phosphoric acid groups is 2. The lowest BCUT2D eigenvalue weighted by molar-refractivity contribution is -0.161. The fourth-order valence-electron chi connectivity index (χ4n) is 12.6. The molecule has 0 radical (unpaired) electrons. The Bertz CT molecular complexity index is 1910. The average Bonchev–Trinajstić information content (AvgIpc) is 0.913. The van der Waals surface area contributed by atoms with E-state index in [2.05, 4.69) is 34.6 Å². The number of aliphatic hydroxyl groups excluding tert-OH is 1. The van der Waals surface area contributed by atoms with Gasteiger partial charge in [-0.1, -0.05) is 381 Å². The number of esters is 4. The van der Waals surface area contributed by atoms with Crippen LogP contribution in [0.25, 0.3) is 0 Å². The highest BCUT2D eigenvalue weighted by Gasteiger charge is 2.30. The van der Waals surface area contributed by atoms with Crippen molar-refractivity contribution in [2.45, 2.75) is 451 Å². The summed E-state index contributed by atoms with van der Waals surface area (Å²) in [6.45, 7) is 7.31. The number of aliphatic hydroxyl groups is 1. The molecule has 0 aromatic carbocycles. The van der Waals surface area contributed by atoms with E-state index < -0.39 is 97.5 Å². The second-order valence-corrected chi connectivity index (χ2v) is 32.3. The fourth-order valence-corrected chi connectivity index (χ4v) is 14.1. The smallest absolute Gasteiger partial charge is 0.462 e. The second-order valence-electron chi connectivity index (χ2n) is 29.4. The molecule has 3 unspecified atom stereocenters. The van der Waals surface area contributed by atoms with Crippen molar-refractivity contribution in [2.24, 2.45) is 5.92 Å². The maximum absolute atomic E-state index is 13.1. The van der Waals surface area contributed by atoms with Gasteiger partial charge in [-0.2, -0.15) is 0 Å². The molecule has 19 heteroatoms. The van der Waals surface area contributed by atoms with Crippen molar-refractivity contribution in [1.29, 1.82) is 0 Å². The number of carbonyl (C=O) groups is 4.